The molecule has 0 spiro atoms. The molecule has 0 saturated heterocycles. The van der Waals surface area contributed by atoms with Crippen molar-refractivity contribution >= 4 is 33.2 Å². The topological polar surface area (TPSA) is 63.4 Å². The lowest BCUT2D eigenvalue weighted by atomic mass is 10.0. The number of nitro groups is 1. The van der Waals surface area contributed by atoms with Crippen LogP contribution in [-0.4, -0.2) is 10.0 Å². The first-order chi connectivity index (χ1) is 9.00. The summed E-state index contributed by atoms with van der Waals surface area (Å²) in [5.41, 5.74) is 1.04. The summed E-state index contributed by atoms with van der Waals surface area (Å²) in [6.45, 7) is 0. The van der Waals surface area contributed by atoms with Crippen molar-refractivity contribution in [2.75, 3.05) is 0 Å². The molecule has 0 aliphatic rings. The first kappa shape index (κ1) is 14.0. The maximum atomic E-state index is 10.7. The fourth-order valence-electron chi connectivity index (χ4n) is 1.72. The molecule has 2 aromatic rings. The second-order valence-electron chi connectivity index (χ2n) is 3.89. The Labute approximate surface area is 122 Å². The third kappa shape index (κ3) is 2.94. The number of aliphatic hydroxyl groups is 1. The van der Waals surface area contributed by atoms with Gasteiger partial charge in [-0.3, -0.25) is 10.1 Å². The van der Waals surface area contributed by atoms with Gasteiger partial charge in [0.2, 0.25) is 0 Å². The van der Waals surface area contributed by atoms with Crippen LogP contribution < -0.4 is 0 Å². The van der Waals surface area contributed by atoms with Gasteiger partial charge in [-0.05, 0) is 17.7 Å². The van der Waals surface area contributed by atoms with Crippen LogP contribution in [0.25, 0.3) is 0 Å². The van der Waals surface area contributed by atoms with Crippen LogP contribution in [0.4, 0.5) is 5.69 Å². The average molecular weight is 343 g/mol. The number of halogens is 2. The maximum absolute atomic E-state index is 10.7. The fourth-order valence-corrected chi connectivity index (χ4v) is 2.54. The van der Waals surface area contributed by atoms with Crippen molar-refractivity contribution in [3.8, 4) is 0 Å². The Bertz CT molecular complexity index is 633. The Morgan fingerprint density at radius 3 is 2.47 bits per heavy atom. The van der Waals surface area contributed by atoms with E-state index >= 15 is 0 Å². The van der Waals surface area contributed by atoms with E-state index in [2.05, 4.69) is 15.9 Å². The molecular formula is C13H9BrClNO3. The molecule has 0 aliphatic carbocycles. The van der Waals surface area contributed by atoms with Gasteiger partial charge in [0, 0.05) is 27.2 Å². The number of rotatable bonds is 3. The van der Waals surface area contributed by atoms with Crippen LogP contribution in [0.1, 0.15) is 17.2 Å². The molecule has 98 valence electrons. The van der Waals surface area contributed by atoms with Gasteiger partial charge in [-0.2, -0.15) is 0 Å². The van der Waals surface area contributed by atoms with Crippen LogP contribution in [0, 0.1) is 10.1 Å². The number of benzene rings is 2. The average Bonchev–Trinajstić information content (AvgIpc) is 2.38. The first-order valence-electron chi connectivity index (χ1n) is 5.37. The van der Waals surface area contributed by atoms with Crippen LogP contribution in [-0.2, 0) is 0 Å². The van der Waals surface area contributed by atoms with Gasteiger partial charge in [-0.15, -0.1) is 0 Å². The predicted octanol–water partition coefficient (Wildman–Crippen LogP) is 4.09. The highest BCUT2D eigenvalue weighted by atomic mass is 79.9. The Morgan fingerprint density at radius 1 is 1.21 bits per heavy atom. The Hall–Kier alpha value is -1.43. The SMILES string of the molecule is O=[N+]([O-])c1ccc([C@H](O)c2ccccc2Cl)c(Br)c1. The van der Waals surface area contributed by atoms with Crippen LogP contribution >= 0.6 is 27.5 Å². The zero-order valence-corrected chi connectivity index (χ0v) is 11.9. The molecule has 1 N–H and O–H groups in total. The van der Waals surface area contributed by atoms with Crippen LogP contribution in [0.5, 0.6) is 0 Å². The molecule has 1 atom stereocenters. The highest BCUT2D eigenvalue weighted by Gasteiger charge is 2.18. The van der Waals surface area contributed by atoms with E-state index in [9.17, 15) is 15.2 Å². The number of non-ortho nitro benzene ring substituents is 1. The Kier molecular flexibility index (Phi) is 4.19. The molecule has 0 unspecified atom stereocenters. The molecular weight excluding hydrogens is 334 g/mol. The van der Waals surface area contributed by atoms with Gasteiger partial charge in [0.05, 0.1) is 4.92 Å². The van der Waals surface area contributed by atoms with Gasteiger partial charge in [0.1, 0.15) is 6.10 Å². The van der Waals surface area contributed by atoms with Crippen molar-refractivity contribution < 1.29 is 10.0 Å². The quantitative estimate of drug-likeness (QED) is 0.675. The minimum Gasteiger partial charge on any atom is -0.384 e. The standard InChI is InChI=1S/C13H9BrClNO3/c14-11-7-8(16(18)19)5-6-9(11)13(17)10-3-1-2-4-12(10)15/h1-7,13,17H/t13-/m0/s1. The van der Waals surface area contributed by atoms with Gasteiger partial charge in [0.15, 0.2) is 0 Å². The Balaban J connectivity index is 2.42. The molecule has 6 heteroatoms. The van der Waals surface area contributed by atoms with Crippen LogP contribution in [0.2, 0.25) is 5.02 Å². The number of hydrogen-bond acceptors (Lipinski definition) is 3. The molecule has 4 nitrogen and oxygen atoms in total. The molecule has 2 rings (SSSR count). The molecule has 0 heterocycles. The smallest absolute Gasteiger partial charge is 0.270 e. The molecule has 0 amide bonds. The summed E-state index contributed by atoms with van der Waals surface area (Å²) in [6.07, 6.45) is -0.941. The van der Waals surface area contributed by atoms with Crippen molar-refractivity contribution in [2.24, 2.45) is 0 Å². The number of hydrogen-bond donors (Lipinski definition) is 1. The van der Waals surface area contributed by atoms with E-state index in [1.807, 2.05) is 0 Å². The highest BCUT2D eigenvalue weighted by molar-refractivity contribution is 9.10. The third-order valence-electron chi connectivity index (χ3n) is 2.69. The summed E-state index contributed by atoms with van der Waals surface area (Å²) in [7, 11) is 0. The largest absolute Gasteiger partial charge is 0.384 e. The van der Waals surface area contributed by atoms with Crippen LogP contribution in [0.15, 0.2) is 46.9 Å². The van der Waals surface area contributed by atoms with Gasteiger partial charge in [-0.25, -0.2) is 0 Å². The van der Waals surface area contributed by atoms with E-state index in [0.717, 1.165) is 0 Å². The number of aliphatic hydroxyl groups excluding tert-OH is 1. The number of nitrogens with zero attached hydrogens (tertiary/aromatic N) is 1. The summed E-state index contributed by atoms with van der Waals surface area (Å²) in [5.74, 6) is 0. The highest BCUT2D eigenvalue weighted by Crippen LogP contribution is 2.33. The van der Waals surface area contributed by atoms with Gasteiger partial charge in [-0.1, -0.05) is 45.7 Å². The second kappa shape index (κ2) is 5.69. The Morgan fingerprint density at radius 2 is 1.89 bits per heavy atom. The van der Waals surface area contributed by atoms with E-state index in [0.29, 0.717) is 20.6 Å². The van der Waals surface area contributed by atoms with Crippen molar-refractivity contribution in [1.29, 1.82) is 0 Å². The third-order valence-corrected chi connectivity index (χ3v) is 3.72. The van der Waals surface area contributed by atoms with E-state index in [1.165, 1.54) is 18.2 Å². The summed E-state index contributed by atoms with van der Waals surface area (Å²) in [5, 5.41) is 21.4. The molecule has 0 fully saturated rings. The fraction of sp³-hybridized carbons (Fsp3) is 0.0769. The normalized spacial score (nSPS) is 12.2. The molecule has 19 heavy (non-hydrogen) atoms. The van der Waals surface area contributed by atoms with Crippen LogP contribution in [0.3, 0.4) is 0 Å². The predicted molar refractivity (Wildman–Crippen MR) is 76.3 cm³/mol. The lowest BCUT2D eigenvalue weighted by molar-refractivity contribution is -0.384. The molecule has 0 saturated carbocycles. The lowest BCUT2D eigenvalue weighted by Crippen LogP contribution is -2.02. The molecule has 0 radical (unpaired) electrons. The molecule has 0 bridgehead atoms. The summed E-state index contributed by atoms with van der Waals surface area (Å²) < 4.78 is 0.467. The summed E-state index contributed by atoms with van der Waals surface area (Å²) >= 11 is 9.25. The van der Waals surface area contributed by atoms with E-state index < -0.39 is 11.0 Å². The van der Waals surface area contributed by atoms with Gasteiger partial charge in [0.25, 0.3) is 5.69 Å². The first-order valence-corrected chi connectivity index (χ1v) is 6.54. The van der Waals surface area contributed by atoms with Crippen molar-refractivity contribution in [2.45, 2.75) is 6.10 Å². The van der Waals surface area contributed by atoms with Crippen molar-refractivity contribution in [3.05, 3.63) is 73.2 Å². The lowest BCUT2D eigenvalue weighted by Gasteiger charge is -2.14. The van der Waals surface area contributed by atoms with Crippen molar-refractivity contribution in [1.82, 2.24) is 0 Å². The summed E-state index contributed by atoms with van der Waals surface area (Å²) in [4.78, 5) is 10.2. The minimum absolute atomic E-state index is 0.0398. The number of nitro benzene ring substituents is 1. The van der Waals surface area contributed by atoms with Gasteiger partial charge >= 0.3 is 0 Å². The zero-order valence-electron chi connectivity index (χ0n) is 9.59. The zero-order chi connectivity index (χ0) is 14.0. The molecule has 0 aliphatic heterocycles. The van der Waals surface area contributed by atoms with E-state index in [4.69, 9.17) is 11.6 Å². The minimum atomic E-state index is -0.941. The second-order valence-corrected chi connectivity index (χ2v) is 5.15. The molecule has 0 aromatic heterocycles. The van der Waals surface area contributed by atoms with Crippen molar-refractivity contribution in [3.63, 3.8) is 0 Å². The molecule has 2 aromatic carbocycles. The van der Waals surface area contributed by atoms with E-state index in [-0.39, 0.29) is 5.69 Å². The maximum Gasteiger partial charge on any atom is 0.270 e. The summed E-state index contributed by atoms with van der Waals surface area (Å²) in [6, 6.07) is 11.1. The van der Waals surface area contributed by atoms with Gasteiger partial charge < -0.3 is 5.11 Å². The van der Waals surface area contributed by atoms with E-state index in [1.54, 1.807) is 24.3 Å². The monoisotopic (exact) mass is 341 g/mol.